The molecule has 0 aliphatic carbocycles. The SMILES string of the molecule is CCOc1cc(C(=O)N/N=C/c2cc(Br)c(OCc3ccc(C)cc3)c(OC)c2)ccc1OCc1ccccc1. The highest BCUT2D eigenvalue weighted by molar-refractivity contribution is 9.10. The topological polar surface area (TPSA) is 78.4 Å². The van der Waals surface area contributed by atoms with Gasteiger partial charge in [0.1, 0.15) is 13.2 Å². The number of carbonyl (C=O) groups excluding carboxylic acids is 1. The van der Waals surface area contributed by atoms with Crippen molar-refractivity contribution < 1.29 is 23.7 Å². The van der Waals surface area contributed by atoms with Crippen LogP contribution in [-0.4, -0.2) is 25.8 Å². The van der Waals surface area contributed by atoms with Crippen molar-refractivity contribution in [3.63, 3.8) is 0 Å². The molecular formula is C32H31BrN2O5. The third kappa shape index (κ3) is 7.86. The summed E-state index contributed by atoms with van der Waals surface area (Å²) in [6.07, 6.45) is 1.54. The van der Waals surface area contributed by atoms with E-state index in [2.05, 4.69) is 26.5 Å². The number of hydrogen-bond donors (Lipinski definition) is 1. The molecule has 0 saturated carbocycles. The second-order valence-corrected chi connectivity index (χ2v) is 9.73. The molecule has 0 atom stereocenters. The zero-order valence-electron chi connectivity index (χ0n) is 22.6. The van der Waals surface area contributed by atoms with Crippen LogP contribution in [0.2, 0.25) is 0 Å². The Balaban J connectivity index is 1.40. The van der Waals surface area contributed by atoms with Crippen LogP contribution in [0.4, 0.5) is 0 Å². The number of nitrogens with one attached hydrogen (secondary N) is 1. The summed E-state index contributed by atoms with van der Waals surface area (Å²) in [6.45, 7) is 5.16. The number of methoxy groups -OCH3 is 1. The van der Waals surface area contributed by atoms with E-state index in [1.165, 1.54) is 11.8 Å². The smallest absolute Gasteiger partial charge is 0.271 e. The largest absolute Gasteiger partial charge is 0.493 e. The molecule has 0 bridgehead atoms. The molecule has 0 saturated heterocycles. The first-order chi connectivity index (χ1) is 19.5. The molecule has 206 valence electrons. The third-order valence-corrected chi connectivity index (χ3v) is 6.47. The highest BCUT2D eigenvalue weighted by Gasteiger charge is 2.13. The van der Waals surface area contributed by atoms with Gasteiger partial charge in [0.25, 0.3) is 5.91 Å². The van der Waals surface area contributed by atoms with Gasteiger partial charge in [0, 0.05) is 5.56 Å². The van der Waals surface area contributed by atoms with Gasteiger partial charge in [0.15, 0.2) is 23.0 Å². The number of nitrogens with zero attached hydrogens (tertiary/aromatic N) is 1. The maximum atomic E-state index is 12.8. The first-order valence-electron chi connectivity index (χ1n) is 12.8. The van der Waals surface area contributed by atoms with Crippen LogP contribution in [0.25, 0.3) is 0 Å². The first kappa shape index (κ1) is 28.7. The Morgan fingerprint density at radius 1 is 0.850 bits per heavy atom. The van der Waals surface area contributed by atoms with Crippen LogP contribution in [0, 0.1) is 6.92 Å². The molecule has 0 aliphatic heterocycles. The molecule has 0 heterocycles. The number of amides is 1. The van der Waals surface area contributed by atoms with Gasteiger partial charge in [-0.3, -0.25) is 4.79 Å². The highest BCUT2D eigenvalue weighted by atomic mass is 79.9. The van der Waals surface area contributed by atoms with Gasteiger partial charge in [-0.25, -0.2) is 5.43 Å². The predicted molar refractivity (Wildman–Crippen MR) is 160 cm³/mol. The molecule has 40 heavy (non-hydrogen) atoms. The van der Waals surface area contributed by atoms with Gasteiger partial charge in [-0.1, -0.05) is 60.2 Å². The maximum absolute atomic E-state index is 12.8. The lowest BCUT2D eigenvalue weighted by molar-refractivity contribution is 0.0954. The Bertz CT molecular complexity index is 1460. The van der Waals surface area contributed by atoms with Gasteiger partial charge in [-0.2, -0.15) is 5.10 Å². The van der Waals surface area contributed by atoms with Crippen LogP contribution in [0.3, 0.4) is 0 Å². The van der Waals surface area contributed by atoms with E-state index < -0.39 is 0 Å². The minimum absolute atomic E-state index is 0.379. The van der Waals surface area contributed by atoms with E-state index in [9.17, 15) is 4.79 Å². The summed E-state index contributed by atoms with van der Waals surface area (Å²) in [4.78, 5) is 12.8. The summed E-state index contributed by atoms with van der Waals surface area (Å²) in [5.41, 5.74) is 6.95. The fourth-order valence-electron chi connectivity index (χ4n) is 3.80. The Morgan fingerprint density at radius 2 is 1.57 bits per heavy atom. The third-order valence-electron chi connectivity index (χ3n) is 5.88. The average molecular weight is 604 g/mol. The number of aryl methyl sites for hydroxylation is 1. The van der Waals surface area contributed by atoms with Gasteiger partial charge < -0.3 is 18.9 Å². The molecule has 0 fully saturated rings. The molecule has 1 N–H and O–H groups in total. The second kappa shape index (κ2) is 14.2. The lowest BCUT2D eigenvalue weighted by atomic mass is 10.1. The summed E-state index contributed by atoms with van der Waals surface area (Å²) >= 11 is 3.56. The molecular weight excluding hydrogens is 572 g/mol. The van der Waals surface area contributed by atoms with E-state index in [0.29, 0.717) is 58.4 Å². The molecule has 0 unspecified atom stereocenters. The fraction of sp³-hybridized carbons (Fsp3) is 0.188. The number of hydrogen-bond acceptors (Lipinski definition) is 6. The van der Waals surface area contributed by atoms with E-state index >= 15 is 0 Å². The first-order valence-corrected chi connectivity index (χ1v) is 13.6. The van der Waals surface area contributed by atoms with Crippen molar-refractivity contribution in [1.82, 2.24) is 5.43 Å². The van der Waals surface area contributed by atoms with Gasteiger partial charge in [0.05, 0.1) is 24.4 Å². The minimum Gasteiger partial charge on any atom is -0.493 e. The summed E-state index contributed by atoms with van der Waals surface area (Å²) in [6, 6.07) is 26.7. The quantitative estimate of drug-likeness (QED) is 0.138. The molecule has 7 nitrogen and oxygen atoms in total. The predicted octanol–water partition coefficient (Wildman–Crippen LogP) is 7.09. The van der Waals surface area contributed by atoms with Crippen molar-refractivity contribution in [2.45, 2.75) is 27.1 Å². The molecule has 0 radical (unpaired) electrons. The molecule has 0 aliphatic rings. The minimum atomic E-state index is -0.379. The van der Waals surface area contributed by atoms with Crippen molar-refractivity contribution in [2.24, 2.45) is 5.10 Å². The van der Waals surface area contributed by atoms with E-state index in [-0.39, 0.29) is 5.91 Å². The monoisotopic (exact) mass is 602 g/mol. The van der Waals surface area contributed by atoms with Crippen LogP contribution < -0.4 is 24.4 Å². The molecule has 4 rings (SSSR count). The number of hydrazone groups is 1. The fourth-order valence-corrected chi connectivity index (χ4v) is 4.37. The lowest BCUT2D eigenvalue weighted by Gasteiger charge is -2.14. The van der Waals surface area contributed by atoms with Crippen molar-refractivity contribution in [1.29, 1.82) is 0 Å². The Morgan fingerprint density at radius 3 is 2.30 bits per heavy atom. The van der Waals surface area contributed by atoms with E-state index in [1.54, 1.807) is 31.4 Å². The van der Waals surface area contributed by atoms with Gasteiger partial charge >= 0.3 is 0 Å². The molecule has 1 amide bonds. The lowest BCUT2D eigenvalue weighted by Crippen LogP contribution is -2.17. The van der Waals surface area contributed by atoms with Crippen LogP contribution in [0.1, 0.15) is 39.5 Å². The molecule has 0 aromatic heterocycles. The molecule has 8 heteroatoms. The number of rotatable bonds is 12. The van der Waals surface area contributed by atoms with E-state index in [4.69, 9.17) is 18.9 Å². The van der Waals surface area contributed by atoms with Crippen LogP contribution >= 0.6 is 15.9 Å². The van der Waals surface area contributed by atoms with Crippen molar-refractivity contribution in [3.05, 3.63) is 117 Å². The number of halogens is 1. The Labute approximate surface area is 242 Å². The summed E-state index contributed by atoms with van der Waals surface area (Å²) in [5, 5.41) is 4.13. The summed E-state index contributed by atoms with van der Waals surface area (Å²) in [5.74, 6) is 1.80. The van der Waals surface area contributed by atoms with Crippen molar-refractivity contribution in [2.75, 3.05) is 13.7 Å². The van der Waals surface area contributed by atoms with Crippen molar-refractivity contribution in [3.8, 4) is 23.0 Å². The normalized spacial score (nSPS) is 10.8. The zero-order valence-corrected chi connectivity index (χ0v) is 24.2. The van der Waals surface area contributed by atoms with Crippen LogP contribution in [-0.2, 0) is 13.2 Å². The second-order valence-electron chi connectivity index (χ2n) is 8.88. The number of ether oxygens (including phenoxy) is 4. The highest BCUT2D eigenvalue weighted by Crippen LogP contribution is 2.37. The molecule has 4 aromatic carbocycles. The summed E-state index contributed by atoms with van der Waals surface area (Å²) in [7, 11) is 1.58. The van der Waals surface area contributed by atoms with E-state index in [1.807, 2.05) is 74.5 Å². The Hall–Kier alpha value is -4.30. The molecule has 4 aromatic rings. The number of carbonyl (C=O) groups is 1. The maximum Gasteiger partial charge on any atom is 0.271 e. The van der Waals surface area contributed by atoms with Gasteiger partial charge in [-0.15, -0.1) is 0 Å². The van der Waals surface area contributed by atoms with Crippen molar-refractivity contribution >= 4 is 28.1 Å². The summed E-state index contributed by atoms with van der Waals surface area (Å²) < 4.78 is 23.9. The standard InChI is InChI=1S/C32H31BrN2O5/c1-4-38-29-18-26(14-15-28(29)39-20-23-8-6-5-7-9-23)32(36)35-34-19-25-16-27(33)31(30(17-25)37-3)40-21-24-12-10-22(2)11-13-24/h5-19H,4,20-21H2,1-3H3,(H,35,36)/b34-19+. The van der Waals surface area contributed by atoms with Gasteiger partial charge in [0.2, 0.25) is 0 Å². The Kier molecular flexibility index (Phi) is 10.2. The van der Waals surface area contributed by atoms with Crippen LogP contribution in [0.15, 0.2) is 94.5 Å². The van der Waals surface area contributed by atoms with Crippen LogP contribution in [0.5, 0.6) is 23.0 Å². The van der Waals surface area contributed by atoms with E-state index in [0.717, 1.165) is 11.1 Å². The van der Waals surface area contributed by atoms with Gasteiger partial charge in [-0.05, 0) is 76.8 Å². The zero-order chi connectivity index (χ0) is 28.3. The molecule has 0 spiro atoms. The average Bonchev–Trinajstić information content (AvgIpc) is 2.97. The number of benzene rings is 4.